The monoisotopic (exact) mass is 270 g/mol. The Bertz CT molecular complexity index is 439. The number of nitrogens with zero attached hydrogens (tertiary/aromatic N) is 1. The molecule has 0 saturated carbocycles. The summed E-state index contributed by atoms with van der Waals surface area (Å²) in [4.78, 5) is 7.82. The topological polar surface area (TPSA) is 28.7 Å². The zero-order chi connectivity index (χ0) is 9.97. The van der Waals surface area contributed by atoms with Crippen molar-refractivity contribution in [2.75, 3.05) is 12.0 Å². The molecule has 74 valence electrons. The zero-order valence-corrected chi connectivity index (χ0v) is 10.3. The van der Waals surface area contributed by atoms with E-state index in [2.05, 4.69) is 38.2 Å². The van der Waals surface area contributed by atoms with Gasteiger partial charge >= 0.3 is 0 Å². The van der Waals surface area contributed by atoms with Crippen LogP contribution < -0.4 is 0 Å². The largest absolute Gasteiger partial charge is 0.342 e. The molecule has 0 spiro atoms. The van der Waals surface area contributed by atoms with Crippen LogP contribution in [0, 0.1) is 0 Å². The Hall–Kier alpha value is -0.480. The van der Waals surface area contributed by atoms with Crippen molar-refractivity contribution >= 4 is 38.7 Å². The summed E-state index contributed by atoms with van der Waals surface area (Å²) in [5.74, 6) is 2.19. The van der Waals surface area contributed by atoms with E-state index >= 15 is 0 Å². The van der Waals surface area contributed by atoms with Gasteiger partial charge in [-0.2, -0.15) is 11.8 Å². The van der Waals surface area contributed by atoms with Crippen molar-refractivity contribution in [2.24, 2.45) is 0 Å². The zero-order valence-electron chi connectivity index (χ0n) is 7.88. The molecule has 0 fully saturated rings. The number of H-pyrrole nitrogens is 1. The Kier molecular flexibility index (Phi) is 3.13. The van der Waals surface area contributed by atoms with E-state index in [0.29, 0.717) is 0 Å². The Morgan fingerprint density at radius 3 is 3.14 bits per heavy atom. The highest BCUT2D eigenvalue weighted by Gasteiger charge is 2.02. The highest BCUT2D eigenvalue weighted by molar-refractivity contribution is 9.10. The fraction of sp³-hybridized carbons (Fsp3) is 0.300. The van der Waals surface area contributed by atoms with Crippen molar-refractivity contribution in [1.82, 2.24) is 9.97 Å². The van der Waals surface area contributed by atoms with Gasteiger partial charge in [-0.15, -0.1) is 0 Å². The van der Waals surface area contributed by atoms with E-state index in [1.54, 1.807) is 0 Å². The Morgan fingerprint density at radius 2 is 2.36 bits per heavy atom. The van der Waals surface area contributed by atoms with Crippen molar-refractivity contribution in [1.29, 1.82) is 0 Å². The summed E-state index contributed by atoms with van der Waals surface area (Å²) >= 11 is 5.28. The lowest BCUT2D eigenvalue weighted by atomic mass is 10.3. The van der Waals surface area contributed by atoms with Crippen LogP contribution in [0.3, 0.4) is 0 Å². The van der Waals surface area contributed by atoms with Crippen molar-refractivity contribution in [2.45, 2.75) is 6.42 Å². The number of halogens is 1. The first-order chi connectivity index (χ1) is 6.79. The van der Waals surface area contributed by atoms with Gasteiger partial charge in [-0.25, -0.2) is 4.98 Å². The molecule has 2 rings (SSSR count). The molecular weight excluding hydrogens is 260 g/mol. The SMILES string of the molecule is CSCCc1nc2ccc(Br)cc2[nH]1. The van der Waals surface area contributed by atoms with Crippen LogP contribution in [-0.2, 0) is 6.42 Å². The van der Waals surface area contributed by atoms with E-state index in [1.807, 2.05) is 23.9 Å². The number of rotatable bonds is 3. The molecular formula is C10H11BrN2S. The molecule has 0 unspecified atom stereocenters. The molecule has 1 heterocycles. The van der Waals surface area contributed by atoms with Crippen molar-refractivity contribution in [3.05, 3.63) is 28.5 Å². The third-order valence-electron chi connectivity index (χ3n) is 2.04. The summed E-state index contributed by atoms with van der Waals surface area (Å²) in [6.45, 7) is 0. The minimum absolute atomic E-state index is 1.01. The van der Waals surface area contributed by atoms with Gasteiger partial charge in [0.05, 0.1) is 11.0 Å². The molecule has 1 aromatic heterocycles. The van der Waals surface area contributed by atoms with Crippen LogP contribution in [0.5, 0.6) is 0 Å². The lowest BCUT2D eigenvalue weighted by molar-refractivity contribution is 1.01. The lowest BCUT2D eigenvalue weighted by Gasteiger charge is -1.91. The predicted molar refractivity (Wildman–Crippen MR) is 65.9 cm³/mol. The average Bonchev–Trinajstić information content (AvgIpc) is 2.56. The molecule has 14 heavy (non-hydrogen) atoms. The first kappa shape index (κ1) is 10.1. The molecule has 0 bridgehead atoms. The molecule has 1 aromatic carbocycles. The number of aryl methyl sites for hydroxylation is 1. The maximum absolute atomic E-state index is 4.50. The number of fused-ring (bicyclic) bond motifs is 1. The molecule has 0 amide bonds. The summed E-state index contributed by atoms with van der Waals surface area (Å²) in [5.41, 5.74) is 2.15. The van der Waals surface area contributed by atoms with Crippen LogP contribution in [0.1, 0.15) is 5.82 Å². The van der Waals surface area contributed by atoms with E-state index in [0.717, 1.165) is 33.5 Å². The molecule has 0 atom stereocenters. The number of aromatic amines is 1. The number of hydrogen-bond donors (Lipinski definition) is 1. The van der Waals surface area contributed by atoms with E-state index in [9.17, 15) is 0 Å². The Labute approximate surface area is 95.6 Å². The average molecular weight is 271 g/mol. The maximum Gasteiger partial charge on any atom is 0.108 e. The number of aromatic nitrogens is 2. The van der Waals surface area contributed by atoms with Crippen LogP contribution in [0.4, 0.5) is 0 Å². The van der Waals surface area contributed by atoms with Crippen molar-refractivity contribution in [3.63, 3.8) is 0 Å². The van der Waals surface area contributed by atoms with Gasteiger partial charge < -0.3 is 4.98 Å². The second kappa shape index (κ2) is 4.36. The predicted octanol–water partition coefficient (Wildman–Crippen LogP) is 3.23. The fourth-order valence-corrected chi connectivity index (χ4v) is 2.11. The second-order valence-corrected chi connectivity index (χ2v) is 4.99. The minimum Gasteiger partial charge on any atom is -0.342 e. The number of nitrogens with one attached hydrogen (secondary N) is 1. The summed E-state index contributed by atoms with van der Waals surface area (Å²) in [5, 5.41) is 0. The molecule has 0 aliphatic carbocycles. The summed E-state index contributed by atoms with van der Waals surface area (Å²) in [6.07, 6.45) is 3.12. The standard InChI is InChI=1S/C10H11BrN2S/c1-14-5-4-10-12-8-3-2-7(11)6-9(8)13-10/h2-3,6H,4-5H2,1H3,(H,12,13). The number of imidazole rings is 1. The Balaban J connectivity index is 2.32. The molecule has 2 nitrogen and oxygen atoms in total. The second-order valence-electron chi connectivity index (χ2n) is 3.09. The van der Waals surface area contributed by atoms with E-state index in [-0.39, 0.29) is 0 Å². The van der Waals surface area contributed by atoms with E-state index in [4.69, 9.17) is 0 Å². The highest BCUT2D eigenvalue weighted by Crippen LogP contribution is 2.18. The third-order valence-corrected chi connectivity index (χ3v) is 3.14. The van der Waals surface area contributed by atoms with Crippen LogP contribution in [0.2, 0.25) is 0 Å². The summed E-state index contributed by atoms with van der Waals surface area (Å²) in [7, 11) is 0. The smallest absolute Gasteiger partial charge is 0.108 e. The van der Waals surface area contributed by atoms with Gasteiger partial charge in [0.2, 0.25) is 0 Å². The fourth-order valence-electron chi connectivity index (χ4n) is 1.35. The van der Waals surface area contributed by atoms with Gasteiger partial charge in [0.25, 0.3) is 0 Å². The van der Waals surface area contributed by atoms with Crippen molar-refractivity contribution < 1.29 is 0 Å². The van der Waals surface area contributed by atoms with Crippen LogP contribution in [0.25, 0.3) is 11.0 Å². The first-order valence-corrected chi connectivity index (χ1v) is 6.61. The number of hydrogen-bond acceptors (Lipinski definition) is 2. The van der Waals surface area contributed by atoms with Crippen molar-refractivity contribution in [3.8, 4) is 0 Å². The van der Waals surface area contributed by atoms with Gasteiger partial charge in [0.15, 0.2) is 0 Å². The van der Waals surface area contributed by atoms with Gasteiger partial charge in [-0.05, 0) is 24.5 Å². The van der Waals surface area contributed by atoms with E-state index < -0.39 is 0 Å². The quantitative estimate of drug-likeness (QED) is 0.928. The molecule has 4 heteroatoms. The minimum atomic E-state index is 1.01. The first-order valence-electron chi connectivity index (χ1n) is 4.42. The molecule has 0 saturated heterocycles. The molecule has 1 N–H and O–H groups in total. The van der Waals surface area contributed by atoms with E-state index in [1.165, 1.54) is 0 Å². The molecule has 0 radical (unpaired) electrons. The highest BCUT2D eigenvalue weighted by atomic mass is 79.9. The van der Waals surface area contributed by atoms with Crippen LogP contribution in [-0.4, -0.2) is 22.0 Å². The number of benzene rings is 1. The molecule has 0 aliphatic rings. The lowest BCUT2D eigenvalue weighted by Crippen LogP contribution is -1.89. The van der Waals surface area contributed by atoms with Gasteiger partial charge in [-0.1, -0.05) is 15.9 Å². The van der Waals surface area contributed by atoms with Gasteiger partial charge in [-0.3, -0.25) is 0 Å². The maximum atomic E-state index is 4.50. The molecule has 2 aromatic rings. The normalized spacial score (nSPS) is 11.0. The van der Waals surface area contributed by atoms with Crippen LogP contribution >= 0.6 is 27.7 Å². The summed E-state index contributed by atoms with van der Waals surface area (Å²) < 4.78 is 1.09. The molecule has 0 aliphatic heterocycles. The third kappa shape index (κ3) is 2.12. The van der Waals surface area contributed by atoms with Gasteiger partial charge in [0, 0.05) is 16.6 Å². The Morgan fingerprint density at radius 1 is 1.50 bits per heavy atom. The summed E-state index contributed by atoms with van der Waals surface area (Å²) in [6, 6.07) is 6.10. The van der Waals surface area contributed by atoms with Gasteiger partial charge in [0.1, 0.15) is 5.82 Å². The van der Waals surface area contributed by atoms with Crippen LogP contribution in [0.15, 0.2) is 22.7 Å². The number of thioether (sulfide) groups is 1.